The second-order valence-corrected chi connectivity index (χ2v) is 18.7. The van der Waals surface area contributed by atoms with Gasteiger partial charge in [0.05, 0.1) is 56.5 Å². The van der Waals surface area contributed by atoms with Crippen molar-refractivity contribution in [3.8, 4) is 47.0 Å². The van der Waals surface area contributed by atoms with E-state index in [1.54, 1.807) is 79.3 Å². The van der Waals surface area contributed by atoms with Crippen LogP contribution >= 0.6 is 23.2 Å². The number of hydrogen-bond donors (Lipinski definition) is 2. The molecule has 0 aliphatic carbocycles. The first-order valence-corrected chi connectivity index (χ1v) is 24.7. The molecule has 2 aliphatic heterocycles. The maximum atomic E-state index is 15.1. The van der Waals surface area contributed by atoms with Crippen molar-refractivity contribution in [2.45, 2.75) is 19.8 Å². The molecule has 18 heteroatoms. The predicted molar refractivity (Wildman–Crippen MR) is 282 cm³/mol. The number of nitrogens with zero attached hydrogens (tertiary/aromatic N) is 10. The number of phenols is 1. The number of pyridine rings is 3. The summed E-state index contributed by atoms with van der Waals surface area (Å²) in [6, 6.07) is 26.4. The molecule has 4 aromatic heterocycles. The average molecular weight is 1020 g/mol. The van der Waals surface area contributed by atoms with E-state index in [1.165, 1.54) is 12.1 Å². The van der Waals surface area contributed by atoms with Crippen molar-refractivity contribution in [3.63, 3.8) is 0 Å². The summed E-state index contributed by atoms with van der Waals surface area (Å²) in [5.41, 5.74) is 4.63. The van der Waals surface area contributed by atoms with Crippen molar-refractivity contribution in [1.29, 1.82) is 15.8 Å². The third kappa shape index (κ3) is 13.0. The number of aromatic nitrogens is 4. The van der Waals surface area contributed by atoms with Gasteiger partial charge in [-0.05, 0) is 88.5 Å². The number of phenolic OH excluding ortho intramolecular Hbond substituents is 1. The van der Waals surface area contributed by atoms with Gasteiger partial charge in [-0.2, -0.15) is 15.8 Å². The van der Waals surface area contributed by atoms with E-state index in [9.17, 15) is 15.6 Å². The topological polar surface area (TPSA) is 187 Å². The number of nitriles is 3. The first kappa shape index (κ1) is 52.0. The second-order valence-electron chi connectivity index (χ2n) is 17.9. The van der Waals surface area contributed by atoms with Gasteiger partial charge in [0.25, 0.3) is 0 Å². The van der Waals surface area contributed by atoms with Crippen LogP contribution in [0.5, 0.6) is 28.7 Å². The number of piperazine rings is 2. The number of H-pyrrole nitrogens is 1. The molecule has 15 nitrogen and oxygen atoms in total. The number of likely N-dealkylation sites (N-methyl/N-ethyl adjacent to an activating group) is 2. The van der Waals surface area contributed by atoms with Crippen LogP contribution in [-0.2, 0) is 0 Å². The van der Waals surface area contributed by atoms with E-state index < -0.39 is 5.82 Å². The number of benzene rings is 4. The Labute approximate surface area is 433 Å². The normalized spacial score (nSPS) is 14.4. The van der Waals surface area contributed by atoms with Gasteiger partial charge in [-0.25, -0.2) is 4.39 Å². The minimum atomic E-state index is -0.433. The summed E-state index contributed by atoms with van der Waals surface area (Å²) < 4.78 is 32.8. The van der Waals surface area contributed by atoms with Crippen LogP contribution in [0, 0.1) is 46.7 Å². The summed E-state index contributed by atoms with van der Waals surface area (Å²) in [6.07, 6.45) is 6.64. The van der Waals surface area contributed by atoms with Crippen molar-refractivity contribution >= 4 is 66.8 Å². The SMILES string of the molecule is CN1CCN(CCCOc2cc3nccc(Cl)c3cc2C#N)CC1.Cc1cc2c(F)c(Oc3ccnc4cc(OCCCN5CCN(C)CC5)c(C#N)cc34)ccc2[nH]1.N#Cc1cc2c(Cl)ccnc2cc1O. The summed E-state index contributed by atoms with van der Waals surface area (Å²) in [7, 11) is 4.30. The minimum Gasteiger partial charge on any atom is -0.506 e. The van der Waals surface area contributed by atoms with Gasteiger partial charge < -0.3 is 43.9 Å². The molecule has 2 aliphatic rings. The van der Waals surface area contributed by atoms with Crippen molar-refractivity contribution < 1.29 is 23.7 Å². The Balaban J connectivity index is 0.000000161. The third-order valence-electron chi connectivity index (χ3n) is 12.8. The molecule has 8 aromatic rings. The molecule has 2 saturated heterocycles. The lowest BCUT2D eigenvalue weighted by Gasteiger charge is -2.32. The standard InChI is InChI=1S/C27H28FN5O2.C18H21ClN4O.C10H5ClN2O/c1-18-14-21-22(31-18)4-5-25(27(21)28)35-24-6-7-30-23-16-26(19(17-29)15-20(23)24)34-13-3-8-33-11-9-32(2)10-12-33;1-22-6-8-23(9-7-22)5-2-10-24-18-12-17-15(11-14(18)13-20)16(19)3-4-21-17;11-8-1-2-13-9-4-10(14)6(5-12)3-7(8)9/h4-7,14-16,31H,3,8-13H2,1-2H3;3-4,11-12H,2,5-10H2,1H3;1-4,14H. The average Bonchev–Trinajstić information content (AvgIpc) is 3.79. The molecule has 0 atom stereocenters. The molecule has 10 rings (SSSR count). The Morgan fingerprint density at radius 1 is 0.589 bits per heavy atom. The van der Waals surface area contributed by atoms with Gasteiger partial charge in [0, 0.05) is 135 Å². The Morgan fingerprint density at radius 3 is 1.60 bits per heavy atom. The fraction of sp³-hybridized carbons (Fsp3) is 0.309. The van der Waals surface area contributed by atoms with E-state index in [0.717, 1.165) is 94.9 Å². The molecule has 0 spiro atoms. The van der Waals surface area contributed by atoms with E-state index in [1.807, 2.05) is 13.0 Å². The van der Waals surface area contributed by atoms with Gasteiger partial charge in [-0.3, -0.25) is 15.0 Å². The quantitative estimate of drug-likeness (QED) is 0.110. The first-order valence-electron chi connectivity index (χ1n) is 23.9. The molecule has 4 aromatic carbocycles. The summed E-state index contributed by atoms with van der Waals surface area (Å²) >= 11 is 12.1. The van der Waals surface area contributed by atoms with Crippen molar-refractivity contribution in [3.05, 3.63) is 130 Å². The van der Waals surface area contributed by atoms with E-state index in [2.05, 4.69) is 65.8 Å². The molecule has 73 heavy (non-hydrogen) atoms. The van der Waals surface area contributed by atoms with Crippen LogP contribution in [0.3, 0.4) is 0 Å². The lowest BCUT2D eigenvalue weighted by atomic mass is 10.1. The lowest BCUT2D eigenvalue weighted by Crippen LogP contribution is -2.44. The van der Waals surface area contributed by atoms with Crippen LogP contribution in [0.2, 0.25) is 10.0 Å². The number of rotatable bonds is 12. The summed E-state index contributed by atoms with van der Waals surface area (Å²) in [4.78, 5) is 25.4. The molecule has 0 saturated carbocycles. The largest absolute Gasteiger partial charge is 0.506 e. The summed E-state index contributed by atoms with van der Waals surface area (Å²) in [6.45, 7) is 13.8. The molecule has 374 valence electrons. The molecule has 0 amide bonds. The summed E-state index contributed by atoms with van der Waals surface area (Å²) in [5, 5.41) is 40.8. The Hall–Kier alpha value is -7.33. The fourth-order valence-corrected chi connectivity index (χ4v) is 9.01. The number of hydrogen-bond acceptors (Lipinski definition) is 14. The number of aromatic hydroxyl groups is 1. The number of nitrogens with one attached hydrogen (secondary N) is 1. The molecule has 6 heterocycles. The minimum absolute atomic E-state index is 0.0743. The zero-order valence-corrected chi connectivity index (χ0v) is 42.3. The Morgan fingerprint density at radius 2 is 1.07 bits per heavy atom. The smallest absolute Gasteiger partial charge is 0.175 e. The fourth-order valence-electron chi connectivity index (χ4n) is 8.60. The second kappa shape index (κ2) is 24.4. The van der Waals surface area contributed by atoms with Crippen molar-refractivity contribution in [2.24, 2.45) is 0 Å². The maximum absolute atomic E-state index is 15.1. The van der Waals surface area contributed by atoms with Crippen LogP contribution in [0.1, 0.15) is 35.2 Å². The summed E-state index contributed by atoms with van der Waals surface area (Å²) in [5.74, 6) is 1.12. The zero-order valence-electron chi connectivity index (χ0n) is 40.8. The van der Waals surface area contributed by atoms with E-state index >= 15 is 4.39 Å². The van der Waals surface area contributed by atoms with Crippen molar-refractivity contribution in [2.75, 3.05) is 92.8 Å². The number of aromatic amines is 1. The number of fused-ring (bicyclic) bond motifs is 4. The van der Waals surface area contributed by atoms with Gasteiger partial charge in [0.15, 0.2) is 11.6 Å². The van der Waals surface area contributed by atoms with Gasteiger partial charge in [0.2, 0.25) is 0 Å². The Bertz CT molecular complexity index is 3380. The van der Waals surface area contributed by atoms with Crippen LogP contribution in [0.25, 0.3) is 43.6 Å². The van der Waals surface area contributed by atoms with E-state index in [-0.39, 0.29) is 17.1 Å². The highest BCUT2D eigenvalue weighted by Gasteiger charge is 2.18. The van der Waals surface area contributed by atoms with Crippen LogP contribution < -0.4 is 14.2 Å². The molecular weight excluding hydrogens is 969 g/mol. The predicted octanol–water partition coefficient (Wildman–Crippen LogP) is 10.1. The van der Waals surface area contributed by atoms with Gasteiger partial charge in [0.1, 0.15) is 41.2 Å². The number of ether oxygens (including phenoxy) is 3. The highest BCUT2D eigenvalue weighted by Crippen LogP contribution is 2.36. The van der Waals surface area contributed by atoms with Crippen molar-refractivity contribution in [1.82, 2.24) is 39.5 Å². The van der Waals surface area contributed by atoms with Crippen LogP contribution in [-0.4, -0.2) is 137 Å². The molecule has 0 bridgehead atoms. The van der Waals surface area contributed by atoms with E-state index in [0.29, 0.717) is 84.3 Å². The number of halogens is 3. The Kier molecular flexibility index (Phi) is 17.4. The van der Waals surface area contributed by atoms with Gasteiger partial charge in [-0.15, -0.1) is 0 Å². The van der Waals surface area contributed by atoms with Gasteiger partial charge >= 0.3 is 0 Å². The highest BCUT2D eigenvalue weighted by molar-refractivity contribution is 6.35. The van der Waals surface area contributed by atoms with Crippen LogP contribution in [0.4, 0.5) is 4.39 Å². The first-order chi connectivity index (χ1) is 35.4. The molecule has 0 unspecified atom stereocenters. The molecule has 0 radical (unpaired) electrons. The van der Waals surface area contributed by atoms with Crippen LogP contribution in [0.15, 0.2) is 91.4 Å². The highest BCUT2D eigenvalue weighted by atomic mass is 35.5. The zero-order chi connectivity index (χ0) is 51.4. The lowest BCUT2D eigenvalue weighted by molar-refractivity contribution is 0.145. The van der Waals surface area contributed by atoms with Gasteiger partial charge in [-0.1, -0.05) is 23.2 Å². The third-order valence-corrected chi connectivity index (χ3v) is 13.4. The van der Waals surface area contributed by atoms with E-state index in [4.69, 9.17) is 42.7 Å². The maximum Gasteiger partial charge on any atom is 0.175 e. The molecular formula is C55H54Cl2FN11O4. The number of aryl methyl sites for hydroxylation is 1. The molecule has 2 fully saturated rings. The monoisotopic (exact) mass is 1020 g/mol. The molecule has 2 N–H and O–H groups in total.